The quantitative estimate of drug-likeness (QED) is 0.696. The van der Waals surface area contributed by atoms with Gasteiger partial charge in [-0.15, -0.1) is 12.4 Å². The minimum Gasteiger partial charge on any atom is -0.389 e. The molecule has 3 aromatic rings. The molecule has 2 aromatic carbocycles. The van der Waals surface area contributed by atoms with Gasteiger partial charge in [0.25, 0.3) is 0 Å². The number of halogens is 1. The summed E-state index contributed by atoms with van der Waals surface area (Å²) in [6, 6.07) is 17.1. The van der Waals surface area contributed by atoms with Crippen LogP contribution in [0.5, 0.6) is 0 Å². The topological polar surface area (TPSA) is 59.2 Å². The molecule has 0 aliphatic rings. The third-order valence-corrected chi connectivity index (χ3v) is 4.53. The molecular weight excluding hydrogens is 350 g/mol. The van der Waals surface area contributed by atoms with Gasteiger partial charge in [0.1, 0.15) is 0 Å². The molecule has 0 spiro atoms. The van der Waals surface area contributed by atoms with Gasteiger partial charge >= 0.3 is 5.69 Å². The molecule has 0 aliphatic carbocycles. The van der Waals surface area contributed by atoms with Crippen molar-refractivity contribution in [3.05, 3.63) is 70.6 Å². The van der Waals surface area contributed by atoms with E-state index < -0.39 is 12.1 Å². The molecule has 2 N–H and O–H groups in total. The zero-order chi connectivity index (χ0) is 18.0. The lowest BCUT2D eigenvalue weighted by atomic mass is 10.0. The Balaban J connectivity index is 0.00000243. The molecule has 26 heavy (non-hydrogen) atoms. The smallest absolute Gasteiger partial charge is 0.330 e. The number of hydrogen-bond acceptors (Lipinski definition) is 3. The van der Waals surface area contributed by atoms with Gasteiger partial charge in [0.05, 0.1) is 23.2 Å². The number of aliphatic hydroxyl groups is 1. The van der Waals surface area contributed by atoms with E-state index in [9.17, 15) is 9.90 Å². The number of hydrogen-bond donors (Lipinski definition) is 2. The Kier molecular flexibility index (Phi) is 6.64. The number of nitrogens with zero attached hydrogens (tertiary/aromatic N) is 2. The van der Waals surface area contributed by atoms with Gasteiger partial charge in [-0.2, -0.15) is 0 Å². The Labute approximate surface area is 159 Å². The summed E-state index contributed by atoms with van der Waals surface area (Å²) >= 11 is 0. The fourth-order valence-electron chi connectivity index (χ4n) is 3.48. The van der Waals surface area contributed by atoms with Gasteiger partial charge in [-0.05, 0) is 38.6 Å². The van der Waals surface area contributed by atoms with Crippen LogP contribution in [0.15, 0.2) is 59.4 Å². The highest BCUT2D eigenvalue weighted by Crippen LogP contribution is 2.27. The van der Waals surface area contributed by atoms with Gasteiger partial charge in [-0.25, -0.2) is 4.79 Å². The van der Waals surface area contributed by atoms with Crippen LogP contribution in [0.1, 0.15) is 31.5 Å². The molecule has 5 nitrogen and oxygen atoms in total. The molecule has 0 saturated heterocycles. The second kappa shape index (κ2) is 8.54. The second-order valence-electron chi connectivity index (χ2n) is 6.59. The van der Waals surface area contributed by atoms with Crippen molar-refractivity contribution in [2.45, 2.75) is 32.0 Å². The van der Waals surface area contributed by atoms with Crippen molar-refractivity contribution in [3.8, 4) is 0 Å². The summed E-state index contributed by atoms with van der Waals surface area (Å²) in [5, 5.41) is 13.8. The van der Waals surface area contributed by atoms with E-state index in [0.29, 0.717) is 6.54 Å². The van der Waals surface area contributed by atoms with Gasteiger partial charge in [-0.1, -0.05) is 42.5 Å². The van der Waals surface area contributed by atoms with E-state index in [0.717, 1.165) is 16.6 Å². The van der Waals surface area contributed by atoms with Crippen molar-refractivity contribution in [2.24, 2.45) is 0 Å². The molecule has 1 aromatic heterocycles. The molecule has 2 atom stereocenters. The fourth-order valence-corrected chi connectivity index (χ4v) is 3.48. The number of rotatable bonds is 6. The van der Waals surface area contributed by atoms with E-state index in [1.54, 1.807) is 16.2 Å². The molecule has 6 heteroatoms. The Morgan fingerprint density at radius 2 is 1.50 bits per heavy atom. The van der Waals surface area contributed by atoms with Crippen LogP contribution in [-0.2, 0) is 0 Å². The third kappa shape index (κ3) is 3.56. The van der Waals surface area contributed by atoms with Crippen molar-refractivity contribution < 1.29 is 5.11 Å². The average Bonchev–Trinajstić information content (AvgIpc) is 2.89. The van der Waals surface area contributed by atoms with Crippen LogP contribution in [0.3, 0.4) is 0 Å². The maximum Gasteiger partial charge on any atom is 0.330 e. The van der Waals surface area contributed by atoms with Gasteiger partial charge in [0.2, 0.25) is 0 Å². The van der Waals surface area contributed by atoms with Crippen LogP contribution in [0.4, 0.5) is 0 Å². The van der Waals surface area contributed by atoms with Gasteiger partial charge < -0.3 is 10.4 Å². The van der Waals surface area contributed by atoms with Crippen molar-refractivity contribution in [2.75, 3.05) is 13.6 Å². The first-order valence-corrected chi connectivity index (χ1v) is 8.65. The van der Waals surface area contributed by atoms with Crippen molar-refractivity contribution in [1.82, 2.24) is 14.5 Å². The van der Waals surface area contributed by atoms with E-state index in [1.807, 2.05) is 68.4 Å². The molecular formula is C20H26ClN3O2. The summed E-state index contributed by atoms with van der Waals surface area (Å²) < 4.78 is 3.52. The number of para-hydroxylation sites is 2. The largest absolute Gasteiger partial charge is 0.389 e. The molecule has 0 fully saturated rings. The van der Waals surface area contributed by atoms with E-state index in [2.05, 4.69) is 5.32 Å². The molecule has 0 aliphatic heterocycles. The summed E-state index contributed by atoms with van der Waals surface area (Å²) in [6.45, 7) is 4.40. The molecule has 1 heterocycles. The van der Waals surface area contributed by atoms with Crippen LogP contribution < -0.4 is 11.0 Å². The zero-order valence-corrected chi connectivity index (χ0v) is 16.1. The highest BCUT2D eigenvalue weighted by atomic mass is 35.5. The fraction of sp³-hybridized carbons (Fsp3) is 0.350. The highest BCUT2D eigenvalue weighted by Gasteiger charge is 2.28. The number of benzene rings is 2. The van der Waals surface area contributed by atoms with E-state index in [4.69, 9.17) is 0 Å². The van der Waals surface area contributed by atoms with Crippen LogP contribution in [0, 0.1) is 0 Å². The Hall–Kier alpha value is -2.08. The Morgan fingerprint density at radius 1 is 0.962 bits per heavy atom. The van der Waals surface area contributed by atoms with Gasteiger partial charge in [0.15, 0.2) is 0 Å². The lowest BCUT2D eigenvalue weighted by molar-refractivity contribution is 0.130. The van der Waals surface area contributed by atoms with Crippen molar-refractivity contribution >= 4 is 23.4 Å². The Bertz CT molecular complexity index is 902. The Morgan fingerprint density at radius 3 is 2.04 bits per heavy atom. The number of imidazole rings is 1. The number of aliphatic hydroxyl groups excluding tert-OH is 1. The first kappa shape index (κ1) is 20.2. The molecule has 140 valence electrons. The van der Waals surface area contributed by atoms with E-state index >= 15 is 0 Å². The molecule has 0 bridgehead atoms. The maximum absolute atomic E-state index is 13.2. The first-order valence-electron chi connectivity index (χ1n) is 8.65. The molecule has 0 amide bonds. The molecule has 0 saturated carbocycles. The number of fused-ring (bicyclic) bond motifs is 1. The predicted octanol–water partition coefficient (Wildman–Crippen LogP) is 2.98. The normalized spacial score (nSPS) is 13.6. The van der Waals surface area contributed by atoms with Gasteiger partial charge in [-0.3, -0.25) is 9.13 Å². The van der Waals surface area contributed by atoms with Crippen molar-refractivity contribution in [3.63, 3.8) is 0 Å². The van der Waals surface area contributed by atoms with E-state index in [1.165, 1.54) is 0 Å². The van der Waals surface area contributed by atoms with E-state index in [-0.39, 0.29) is 24.1 Å². The summed E-state index contributed by atoms with van der Waals surface area (Å²) in [5.41, 5.74) is 2.55. The SMILES string of the molecule is CNC[C@@H](O)[C@H](c1ccccc1)n1c(=O)n(C(C)C)c2ccccc21.Cl. The molecule has 0 radical (unpaired) electrons. The van der Waals surface area contributed by atoms with Gasteiger partial charge in [0, 0.05) is 12.6 Å². The van der Waals surface area contributed by atoms with Crippen LogP contribution >= 0.6 is 12.4 Å². The minimum atomic E-state index is -0.725. The molecule has 3 rings (SSSR count). The monoisotopic (exact) mass is 375 g/mol. The number of aromatic nitrogens is 2. The molecule has 0 unspecified atom stereocenters. The standard InChI is InChI=1S/C20H25N3O2.ClH/c1-14(2)22-16-11-7-8-12-17(16)23(20(22)25)19(18(24)13-21-3)15-9-5-4-6-10-15;/h4-12,14,18-19,21,24H,13H2,1-3H3;1H/t18-,19+;/m1./s1. The minimum absolute atomic E-state index is 0. The number of likely N-dealkylation sites (N-methyl/N-ethyl adjacent to an activating group) is 1. The van der Waals surface area contributed by atoms with Crippen LogP contribution in [0.2, 0.25) is 0 Å². The highest BCUT2D eigenvalue weighted by molar-refractivity contribution is 5.85. The summed E-state index contributed by atoms with van der Waals surface area (Å²) in [6.07, 6.45) is -0.725. The van der Waals surface area contributed by atoms with Crippen LogP contribution in [-0.4, -0.2) is 33.9 Å². The third-order valence-electron chi connectivity index (χ3n) is 4.53. The summed E-state index contributed by atoms with van der Waals surface area (Å²) in [4.78, 5) is 13.2. The summed E-state index contributed by atoms with van der Waals surface area (Å²) in [7, 11) is 1.80. The number of nitrogens with one attached hydrogen (secondary N) is 1. The first-order chi connectivity index (χ1) is 12.1. The second-order valence-corrected chi connectivity index (χ2v) is 6.59. The predicted molar refractivity (Wildman–Crippen MR) is 108 cm³/mol. The summed E-state index contributed by atoms with van der Waals surface area (Å²) in [5.74, 6) is 0. The average molecular weight is 376 g/mol. The maximum atomic E-state index is 13.2. The lowest BCUT2D eigenvalue weighted by Gasteiger charge is -2.25. The zero-order valence-electron chi connectivity index (χ0n) is 15.3. The van der Waals surface area contributed by atoms with Crippen LogP contribution in [0.25, 0.3) is 11.0 Å². The van der Waals surface area contributed by atoms with Crippen molar-refractivity contribution in [1.29, 1.82) is 0 Å². The lowest BCUT2D eigenvalue weighted by Crippen LogP contribution is -2.38.